The van der Waals surface area contributed by atoms with E-state index in [1.807, 2.05) is 0 Å². The molecule has 1 aromatic rings. The molecule has 0 bridgehead atoms. The van der Waals surface area contributed by atoms with E-state index in [1.54, 1.807) is 19.1 Å². The molecular weight excluding hydrogens is 322 g/mol. The molecule has 1 N–H and O–H groups in total. The van der Waals surface area contributed by atoms with Gasteiger partial charge in [0.05, 0.1) is 29.7 Å². The molecule has 1 aliphatic heterocycles. The third-order valence-electron chi connectivity index (χ3n) is 3.59. The van der Waals surface area contributed by atoms with Crippen molar-refractivity contribution in [1.29, 1.82) is 0 Å². The summed E-state index contributed by atoms with van der Waals surface area (Å²) in [5.74, 6) is -0.387. The minimum absolute atomic E-state index is 0.0560. The quantitative estimate of drug-likeness (QED) is 0.785. The fourth-order valence-electron chi connectivity index (χ4n) is 2.44. The van der Waals surface area contributed by atoms with Crippen molar-refractivity contribution < 1.29 is 27.5 Å². The van der Waals surface area contributed by atoms with E-state index in [-0.39, 0.29) is 24.0 Å². The number of sulfone groups is 1. The van der Waals surface area contributed by atoms with E-state index in [9.17, 15) is 18.0 Å². The summed E-state index contributed by atoms with van der Waals surface area (Å²) in [6.07, 6.45) is 0.398. The summed E-state index contributed by atoms with van der Waals surface area (Å²) in [5.41, 5.74) is -0.360. The fourth-order valence-corrected chi connectivity index (χ4v) is 4.53. The Labute approximate surface area is 134 Å². The summed E-state index contributed by atoms with van der Waals surface area (Å²) >= 11 is 0. The Morgan fingerprint density at radius 3 is 2.43 bits per heavy atom. The number of hydrogen-bond acceptors (Lipinski definition) is 6. The van der Waals surface area contributed by atoms with Gasteiger partial charge in [0, 0.05) is 0 Å². The number of rotatable bonds is 5. The number of methoxy groups -OCH3 is 1. The Bertz CT molecular complexity index is 697. The molecule has 0 unspecified atom stereocenters. The number of carbonyl (C=O) groups is 2. The molecule has 8 heteroatoms. The molecule has 1 atom stereocenters. The van der Waals surface area contributed by atoms with Gasteiger partial charge in [-0.05, 0) is 37.6 Å². The third kappa shape index (κ3) is 4.69. The number of benzene rings is 1. The van der Waals surface area contributed by atoms with Crippen LogP contribution in [0.15, 0.2) is 24.3 Å². The van der Waals surface area contributed by atoms with Crippen molar-refractivity contribution in [2.75, 3.05) is 25.2 Å². The van der Waals surface area contributed by atoms with E-state index in [0.717, 1.165) is 0 Å². The normalized spacial score (nSPS) is 22.3. The molecule has 7 nitrogen and oxygen atoms in total. The second kappa shape index (κ2) is 6.57. The second-order valence-electron chi connectivity index (χ2n) is 5.76. The molecule has 1 aliphatic rings. The van der Waals surface area contributed by atoms with Gasteiger partial charge < -0.3 is 14.8 Å². The summed E-state index contributed by atoms with van der Waals surface area (Å²) in [6.45, 7) is 1.48. The van der Waals surface area contributed by atoms with Crippen LogP contribution in [0, 0.1) is 0 Å². The van der Waals surface area contributed by atoms with Crippen LogP contribution < -0.4 is 10.1 Å². The van der Waals surface area contributed by atoms with E-state index < -0.39 is 21.3 Å². The van der Waals surface area contributed by atoms with Gasteiger partial charge in [-0.25, -0.2) is 13.2 Å². The molecule has 1 amide bonds. The number of carbonyl (C=O) groups excluding carboxylic acids is 2. The maximum absolute atomic E-state index is 11.9. The zero-order chi connectivity index (χ0) is 17.1. The summed E-state index contributed by atoms with van der Waals surface area (Å²) in [7, 11) is -1.79. The highest BCUT2D eigenvalue weighted by atomic mass is 32.2. The first kappa shape index (κ1) is 17.3. The topological polar surface area (TPSA) is 98.8 Å². The first-order chi connectivity index (χ1) is 10.7. The number of hydrogen-bond donors (Lipinski definition) is 1. The summed E-state index contributed by atoms with van der Waals surface area (Å²) in [4.78, 5) is 23.2. The minimum Gasteiger partial charge on any atom is -0.484 e. The van der Waals surface area contributed by atoms with Crippen LogP contribution in [0.1, 0.15) is 23.7 Å². The first-order valence-electron chi connectivity index (χ1n) is 7.06. The monoisotopic (exact) mass is 341 g/mol. The van der Waals surface area contributed by atoms with Gasteiger partial charge in [-0.3, -0.25) is 4.79 Å². The van der Waals surface area contributed by atoms with Crippen molar-refractivity contribution >= 4 is 21.7 Å². The molecule has 0 spiro atoms. The standard InChI is InChI=1S/C15H19NO6S/c1-15(7-8-23(19,20)10-15)16-13(17)9-22-12-5-3-11(4-6-12)14(18)21-2/h3-6H,7-10H2,1-2H3,(H,16,17)/t15-/m1/s1. The van der Waals surface area contributed by atoms with Gasteiger partial charge in [-0.15, -0.1) is 0 Å². The van der Waals surface area contributed by atoms with Crippen molar-refractivity contribution in [3.8, 4) is 5.75 Å². The highest BCUT2D eigenvalue weighted by Crippen LogP contribution is 2.22. The molecule has 0 radical (unpaired) electrons. The largest absolute Gasteiger partial charge is 0.484 e. The molecule has 126 valence electrons. The van der Waals surface area contributed by atoms with E-state index in [0.29, 0.717) is 17.7 Å². The van der Waals surface area contributed by atoms with Crippen LogP contribution in [-0.2, 0) is 19.4 Å². The van der Waals surface area contributed by atoms with Gasteiger partial charge in [0.25, 0.3) is 5.91 Å². The van der Waals surface area contributed by atoms with Crippen LogP contribution in [0.3, 0.4) is 0 Å². The molecule has 2 rings (SSSR count). The molecular formula is C15H19NO6S. The Morgan fingerprint density at radius 2 is 1.91 bits per heavy atom. The zero-order valence-corrected chi connectivity index (χ0v) is 13.8. The third-order valence-corrected chi connectivity index (χ3v) is 5.49. The van der Waals surface area contributed by atoms with E-state index in [4.69, 9.17) is 4.74 Å². The van der Waals surface area contributed by atoms with Crippen molar-refractivity contribution in [2.45, 2.75) is 18.9 Å². The Balaban J connectivity index is 1.86. The van der Waals surface area contributed by atoms with Crippen molar-refractivity contribution in [1.82, 2.24) is 5.32 Å². The average Bonchev–Trinajstić information content (AvgIpc) is 2.78. The average molecular weight is 341 g/mol. The van der Waals surface area contributed by atoms with Crippen LogP contribution in [0.4, 0.5) is 0 Å². The molecule has 1 heterocycles. The first-order valence-corrected chi connectivity index (χ1v) is 8.88. The number of nitrogens with one attached hydrogen (secondary N) is 1. The van der Waals surface area contributed by atoms with E-state index in [1.165, 1.54) is 19.2 Å². The van der Waals surface area contributed by atoms with Crippen molar-refractivity contribution in [2.24, 2.45) is 0 Å². The van der Waals surface area contributed by atoms with Gasteiger partial charge in [-0.2, -0.15) is 0 Å². The Hall–Kier alpha value is -2.09. The van der Waals surface area contributed by atoms with Gasteiger partial charge in [-0.1, -0.05) is 0 Å². The van der Waals surface area contributed by atoms with Gasteiger partial charge in [0.15, 0.2) is 16.4 Å². The fraction of sp³-hybridized carbons (Fsp3) is 0.467. The predicted octanol–water partition coefficient (Wildman–Crippen LogP) is 0.545. The lowest BCUT2D eigenvalue weighted by atomic mass is 10.0. The highest BCUT2D eigenvalue weighted by molar-refractivity contribution is 7.91. The zero-order valence-electron chi connectivity index (χ0n) is 13.0. The number of amides is 1. The molecule has 1 saturated heterocycles. The van der Waals surface area contributed by atoms with E-state index in [2.05, 4.69) is 10.1 Å². The van der Waals surface area contributed by atoms with Crippen LogP contribution in [0.25, 0.3) is 0 Å². The summed E-state index contributed by atoms with van der Waals surface area (Å²) in [6, 6.07) is 6.18. The smallest absolute Gasteiger partial charge is 0.337 e. The Morgan fingerprint density at radius 1 is 1.26 bits per heavy atom. The highest BCUT2D eigenvalue weighted by Gasteiger charge is 2.39. The Kier molecular flexibility index (Phi) is 4.93. The molecule has 0 saturated carbocycles. The van der Waals surface area contributed by atoms with Crippen LogP contribution in [0.5, 0.6) is 5.75 Å². The lowest BCUT2D eigenvalue weighted by Crippen LogP contribution is -2.48. The summed E-state index contributed by atoms with van der Waals surface area (Å²) in [5, 5.41) is 2.70. The molecule has 1 aromatic carbocycles. The lowest BCUT2D eigenvalue weighted by molar-refractivity contribution is -0.124. The predicted molar refractivity (Wildman–Crippen MR) is 83.1 cm³/mol. The van der Waals surface area contributed by atoms with Crippen molar-refractivity contribution in [3.05, 3.63) is 29.8 Å². The van der Waals surface area contributed by atoms with Gasteiger partial charge in [0.2, 0.25) is 0 Å². The molecule has 1 fully saturated rings. The minimum atomic E-state index is -3.08. The van der Waals surface area contributed by atoms with Gasteiger partial charge >= 0.3 is 5.97 Å². The lowest BCUT2D eigenvalue weighted by Gasteiger charge is -2.23. The maximum Gasteiger partial charge on any atom is 0.337 e. The number of ether oxygens (including phenoxy) is 2. The van der Waals surface area contributed by atoms with Crippen LogP contribution >= 0.6 is 0 Å². The SMILES string of the molecule is COC(=O)c1ccc(OCC(=O)N[C@]2(C)CCS(=O)(=O)C2)cc1. The molecule has 23 heavy (non-hydrogen) atoms. The number of esters is 1. The summed E-state index contributed by atoms with van der Waals surface area (Å²) < 4.78 is 32.9. The maximum atomic E-state index is 11.9. The van der Waals surface area contributed by atoms with Crippen LogP contribution in [0.2, 0.25) is 0 Å². The van der Waals surface area contributed by atoms with E-state index >= 15 is 0 Å². The molecule has 0 aliphatic carbocycles. The van der Waals surface area contributed by atoms with Crippen LogP contribution in [-0.4, -0.2) is 51.1 Å². The molecule has 0 aromatic heterocycles. The van der Waals surface area contributed by atoms with Crippen molar-refractivity contribution in [3.63, 3.8) is 0 Å². The van der Waals surface area contributed by atoms with Gasteiger partial charge in [0.1, 0.15) is 5.75 Å². The second-order valence-corrected chi connectivity index (χ2v) is 7.94.